The van der Waals surface area contributed by atoms with Crippen LogP contribution in [0.5, 0.6) is 5.75 Å². The fourth-order valence-corrected chi connectivity index (χ4v) is 3.35. The Kier molecular flexibility index (Phi) is 5.55. The maximum atomic E-state index is 12.4. The Morgan fingerprint density at radius 2 is 1.79 bits per heavy atom. The van der Waals surface area contributed by atoms with Crippen molar-refractivity contribution in [3.63, 3.8) is 0 Å². The molecule has 0 saturated carbocycles. The predicted octanol–water partition coefficient (Wildman–Crippen LogP) is 3.10. The number of methoxy groups -OCH3 is 1. The van der Waals surface area contributed by atoms with Crippen molar-refractivity contribution in [3.8, 4) is 17.0 Å². The number of benzene rings is 1. The van der Waals surface area contributed by atoms with E-state index in [2.05, 4.69) is 4.98 Å². The molecule has 0 radical (unpaired) electrons. The maximum absolute atomic E-state index is 12.4. The highest BCUT2D eigenvalue weighted by molar-refractivity contribution is 5.86. The molecule has 1 saturated heterocycles. The van der Waals surface area contributed by atoms with Gasteiger partial charge in [0, 0.05) is 18.7 Å². The van der Waals surface area contributed by atoms with Crippen molar-refractivity contribution in [2.24, 2.45) is 5.73 Å². The summed E-state index contributed by atoms with van der Waals surface area (Å²) in [6.45, 7) is 6.11. The SMILES string of the molecule is COc1ccc(-c2coc(C3(C(N)=O)CCN(C(=O)OC(C)(C)C)CC3)n2)cc1. The van der Waals surface area contributed by atoms with Gasteiger partial charge < -0.3 is 24.5 Å². The van der Waals surface area contributed by atoms with E-state index in [1.807, 2.05) is 45.0 Å². The van der Waals surface area contributed by atoms with E-state index in [-0.39, 0.29) is 5.89 Å². The number of hydrogen-bond donors (Lipinski definition) is 1. The van der Waals surface area contributed by atoms with Crippen molar-refractivity contribution in [1.82, 2.24) is 9.88 Å². The zero-order chi connectivity index (χ0) is 21.2. The van der Waals surface area contributed by atoms with Gasteiger partial charge in [0.2, 0.25) is 11.8 Å². The molecule has 0 aliphatic carbocycles. The van der Waals surface area contributed by atoms with Crippen LogP contribution in [0.1, 0.15) is 39.5 Å². The molecule has 1 aliphatic heterocycles. The summed E-state index contributed by atoms with van der Waals surface area (Å²) < 4.78 is 16.3. The minimum Gasteiger partial charge on any atom is -0.497 e. The minimum atomic E-state index is -1.05. The Morgan fingerprint density at radius 1 is 1.17 bits per heavy atom. The molecule has 3 rings (SSSR count). The molecule has 8 nitrogen and oxygen atoms in total. The first-order valence-electron chi connectivity index (χ1n) is 9.53. The van der Waals surface area contributed by atoms with Gasteiger partial charge in [-0.1, -0.05) is 0 Å². The third-order valence-corrected chi connectivity index (χ3v) is 5.04. The highest BCUT2D eigenvalue weighted by Gasteiger charge is 2.47. The quantitative estimate of drug-likeness (QED) is 0.843. The second-order valence-electron chi connectivity index (χ2n) is 8.18. The smallest absolute Gasteiger partial charge is 0.410 e. The number of nitrogens with zero attached hydrogens (tertiary/aromatic N) is 2. The normalized spacial score (nSPS) is 16.3. The maximum Gasteiger partial charge on any atom is 0.410 e. The summed E-state index contributed by atoms with van der Waals surface area (Å²) in [4.78, 5) is 30.8. The first-order chi connectivity index (χ1) is 13.6. The third kappa shape index (κ3) is 4.36. The standard InChI is InChI=1S/C21H27N3O5/c1-20(2,3)29-19(26)24-11-9-21(10-12-24,17(22)25)18-23-16(13-28-18)14-5-7-15(27-4)8-6-14/h5-8,13H,9-12H2,1-4H3,(H2,22,25). The van der Waals surface area contributed by atoms with Gasteiger partial charge in [-0.25, -0.2) is 9.78 Å². The van der Waals surface area contributed by atoms with Crippen molar-refractivity contribution >= 4 is 12.0 Å². The molecule has 2 aromatic rings. The van der Waals surface area contributed by atoms with Crippen LogP contribution in [0.25, 0.3) is 11.3 Å². The number of carbonyl (C=O) groups is 2. The molecule has 1 aromatic heterocycles. The highest BCUT2D eigenvalue weighted by atomic mass is 16.6. The molecule has 1 aromatic carbocycles. The van der Waals surface area contributed by atoms with Gasteiger partial charge in [-0.2, -0.15) is 0 Å². The number of amides is 2. The van der Waals surface area contributed by atoms with Crippen LogP contribution in [0, 0.1) is 0 Å². The first kappa shape index (κ1) is 20.7. The Hall–Kier alpha value is -3.03. The number of piperidine rings is 1. The fraction of sp³-hybridized carbons (Fsp3) is 0.476. The van der Waals surface area contributed by atoms with Crippen LogP contribution in [-0.4, -0.2) is 47.7 Å². The van der Waals surface area contributed by atoms with Crippen molar-refractivity contribution in [2.45, 2.75) is 44.6 Å². The van der Waals surface area contributed by atoms with Crippen LogP contribution < -0.4 is 10.5 Å². The molecular weight excluding hydrogens is 374 g/mol. The number of primary amides is 1. The second kappa shape index (κ2) is 7.77. The summed E-state index contributed by atoms with van der Waals surface area (Å²) in [5.74, 6) is 0.504. The lowest BCUT2D eigenvalue weighted by Gasteiger charge is -2.38. The first-order valence-corrected chi connectivity index (χ1v) is 9.53. The molecule has 1 fully saturated rings. The predicted molar refractivity (Wildman–Crippen MR) is 106 cm³/mol. The van der Waals surface area contributed by atoms with Gasteiger partial charge in [-0.15, -0.1) is 0 Å². The van der Waals surface area contributed by atoms with Gasteiger partial charge in [-0.3, -0.25) is 4.79 Å². The molecule has 29 heavy (non-hydrogen) atoms. The van der Waals surface area contributed by atoms with Gasteiger partial charge in [0.1, 0.15) is 28.7 Å². The van der Waals surface area contributed by atoms with Gasteiger partial charge in [0.15, 0.2) is 0 Å². The van der Waals surface area contributed by atoms with E-state index in [4.69, 9.17) is 19.6 Å². The summed E-state index contributed by atoms with van der Waals surface area (Å²) in [6, 6.07) is 7.38. The lowest BCUT2D eigenvalue weighted by Crippen LogP contribution is -2.52. The molecule has 0 spiro atoms. The molecule has 1 aliphatic rings. The Labute approximate surface area is 170 Å². The van der Waals surface area contributed by atoms with E-state index >= 15 is 0 Å². The van der Waals surface area contributed by atoms with Crippen molar-refractivity contribution < 1.29 is 23.5 Å². The Morgan fingerprint density at radius 3 is 2.31 bits per heavy atom. The monoisotopic (exact) mass is 401 g/mol. The van der Waals surface area contributed by atoms with E-state index < -0.39 is 23.0 Å². The average Bonchev–Trinajstić information content (AvgIpc) is 3.17. The van der Waals surface area contributed by atoms with Crippen LogP contribution >= 0.6 is 0 Å². The fourth-order valence-electron chi connectivity index (χ4n) is 3.35. The average molecular weight is 401 g/mol. The zero-order valence-electron chi connectivity index (χ0n) is 17.2. The largest absolute Gasteiger partial charge is 0.497 e. The lowest BCUT2D eigenvalue weighted by atomic mass is 9.77. The topological polar surface area (TPSA) is 108 Å². The summed E-state index contributed by atoms with van der Waals surface area (Å²) in [6.07, 6.45) is 1.76. The molecule has 0 unspecified atom stereocenters. The summed E-state index contributed by atoms with van der Waals surface area (Å²) in [5, 5.41) is 0. The van der Waals surface area contributed by atoms with Gasteiger partial charge in [0.25, 0.3) is 0 Å². The number of rotatable bonds is 4. The number of ether oxygens (including phenoxy) is 2. The van der Waals surface area contributed by atoms with Crippen LogP contribution in [0.2, 0.25) is 0 Å². The Bertz CT molecular complexity index is 874. The van der Waals surface area contributed by atoms with Crippen molar-refractivity contribution in [3.05, 3.63) is 36.4 Å². The third-order valence-electron chi connectivity index (χ3n) is 5.04. The molecule has 2 N–H and O–H groups in total. The van der Waals surface area contributed by atoms with Crippen LogP contribution in [0.4, 0.5) is 4.79 Å². The lowest BCUT2D eigenvalue weighted by molar-refractivity contribution is -0.126. The molecular formula is C21H27N3O5. The van der Waals surface area contributed by atoms with E-state index in [1.54, 1.807) is 12.0 Å². The van der Waals surface area contributed by atoms with E-state index in [9.17, 15) is 9.59 Å². The number of hydrogen-bond acceptors (Lipinski definition) is 6. The number of nitrogens with two attached hydrogens (primary N) is 1. The van der Waals surface area contributed by atoms with Gasteiger partial charge in [-0.05, 0) is 57.9 Å². The van der Waals surface area contributed by atoms with Crippen LogP contribution in [0.15, 0.2) is 34.9 Å². The Balaban J connectivity index is 1.78. The van der Waals surface area contributed by atoms with Crippen LogP contribution in [0.3, 0.4) is 0 Å². The molecule has 2 heterocycles. The highest BCUT2D eigenvalue weighted by Crippen LogP contribution is 2.36. The minimum absolute atomic E-state index is 0.277. The second-order valence-corrected chi connectivity index (χ2v) is 8.18. The van der Waals surface area contributed by atoms with Crippen molar-refractivity contribution in [2.75, 3.05) is 20.2 Å². The number of carbonyl (C=O) groups excluding carboxylic acids is 2. The number of aromatic nitrogens is 1. The van der Waals surface area contributed by atoms with E-state index in [0.29, 0.717) is 31.6 Å². The summed E-state index contributed by atoms with van der Waals surface area (Å²) in [5.41, 5.74) is 5.57. The molecule has 0 atom stereocenters. The van der Waals surface area contributed by atoms with Gasteiger partial charge in [0.05, 0.1) is 7.11 Å². The summed E-state index contributed by atoms with van der Waals surface area (Å²) in [7, 11) is 1.60. The van der Waals surface area contributed by atoms with Gasteiger partial charge >= 0.3 is 6.09 Å². The molecule has 2 amide bonds. The van der Waals surface area contributed by atoms with Crippen molar-refractivity contribution in [1.29, 1.82) is 0 Å². The molecule has 156 valence electrons. The molecule has 0 bridgehead atoms. The number of likely N-dealkylation sites (tertiary alicyclic amines) is 1. The number of oxazole rings is 1. The zero-order valence-corrected chi connectivity index (χ0v) is 17.2. The van der Waals surface area contributed by atoms with Crippen LogP contribution in [-0.2, 0) is 14.9 Å². The van der Waals surface area contributed by atoms with E-state index in [1.165, 1.54) is 6.26 Å². The van der Waals surface area contributed by atoms with E-state index in [0.717, 1.165) is 11.3 Å². The molecule has 8 heteroatoms. The summed E-state index contributed by atoms with van der Waals surface area (Å²) >= 11 is 0.